The molecule has 0 aliphatic carbocycles. The molecule has 0 spiro atoms. The van der Waals surface area contributed by atoms with Gasteiger partial charge in [0, 0.05) is 25.0 Å². The van der Waals surface area contributed by atoms with Gasteiger partial charge < -0.3 is 4.98 Å². The average Bonchev–Trinajstić information content (AvgIpc) is 2.85. The number of rotatable bonds is 5. The fraction of sp³-hybridized carbons (Fsp3) is 0.615. The van der Waals surface area contributed by atoms with Gasteiger partial charge in [-0.3, -0.25) is 4.90 Å². The predicted molar refractivity (Wildman–Crippen MR) is 66.3 cm³/mol. The molecular formula is C13H21N3. The van der Waals surface area contributed by atoms with Gasteiger partial charge in [0.2, 0.25) is 0 Å². The van der Waals surface area contributed by atoms with Crippen molar-refractivity contribution >= 4 is 0 Å². The van der Waals surface area contributed by atoms with Crippen molar-refractivity contribution in [1.29, 1.82) is 0 Å². The highest BCUT2D eigenvalue weighted by molar-refractivity contribution is 5.18. The Morgan fingerprint density at radius 2 is 2.00 bits per heavy atom. The highest BCUT2D eigenvalue weighted by Gasteiger charge is 2.14. The number of aryl methyl sites for hydroxylation is 1. The Labute approximate surface area is 97.6 Å². The monoisotopic (exact) mass is 219 g/mol. The zero-order valence-electron chi connectivity index (χ0n) is 10.3. The van der Waals surface area contributed by atoms with Crippen molar-refractivity contribution in [3.05, 3.63) is 29.4 Å². The lowest BCUT2D eigenvalue weighted by atomic mass is 10.2. The molecule has 3 heteroatoms. The summed E-state index contributed by atoms with van der Waals surface area (Å²) in [5, 5.41) is 0. The zero-order chi connectivity index (χ0) is 11.4. The number of nitrogens with zero attached hydrogens (tertiary/aromatic N) is 2. The van der Waals surface area contributed by atoms with Crippen LogP contribution in [0, 0.1) is 0 Å². The van der Waals surface area contributed by atoms with E-state index < -0.39 is 0 Å². The molecule has 1 aliphatic heterocycles. The largest absolute Gasteiger partial charge is 0.348 e. The maximum atomic E-state index is 4.03. The molecule has 16 heavy (non-hydrogen) atoms. The van der Waals surface area contributed by atoms with Crippen LogP contribution in [-0.2, 0) is 6.42 Å². The van der Waals surface area contributed by atoms with E-state index in [-0.39, 0.29) is 0 Å². The van der Waals surface area contributed by atoms with Crippen molar-refractivity contribution in [1.82, 2.24) is 14.9 Å². The molecule has 0 fully saturated rings. The summed E-state index contributed by atoms with van der Waals surface area (Å²) in [6, 6.07) is 0. The molecule has 0 unspecified atom stereocenters. The van der Waals surface area contributed by atoms with Gasteiger partial charge in [-0.1, -0.05) is 11.1 Å². The highest BCUT2D eigenvalue weighted by atomic mass is 15.1. The third-order valence-corrected chi connectivity index (χ3v) is 3.38. The minimum atomic E-state index is 1.12. The highest BCUT2D eigenvalue weighted by Crippen LogP contribution is 2.16. The van der Waals surface area contributed by atoms with Gasteiger partial charge in [0.15, 0.2) is 0 Å². The lowest BCUT2D eigenvalue weighted by Gasteiger charge is -2.15. The second kappa shape index (κ2) is 5.30. The number of H-pyrrole nitrogens is 1. The van der Waals surface area contributed by atoms with Crippen molar-refractivity contribution in [2.45, 2.75) is 33.1 Å². The van der Waals surface area contributed by atoms with Crippen LogP contribution in [0.2, 0.25) is 0 Å². The number of hydrogen-bond acceptors (Lipinski definition) is 2. The lowest BCUT2D eigenvalue weighted by molar-refractivity contribution is 0.335. The average molecular weight is 219 g/mol. The van der Waals surface area contributed by atoms with E-state index in [9.17, 15) is 0 Å². The maximum absolute atomic E-state index is 4.03. The Balaban J connectivity index is 1.60. The van der Waals surface area contributed by atoms with Gasteiger partial charge in [-0.15, -0.1) is 0 Å². The second-order valence-corrected chi connectivity index (χ2v) is 4.81. The number of unbranched alkanes of at least 4 members (excludes halogenated alkanes) is 1. The van der Waals surface area contributed by atoms with Crippen LogP contribution in [0.5, 0.6) is 0 Å². The standard InChI is InChI=1S/C13H21N3/c1-11-8-16(9-12(11)2)6-4-3-5-13-7-14-10-15-13/h7,10H,3-6,8-9H2,1-2H3,(H,14,15). The van der Waals surface area contributed by atoms with Gasteiger partial charge in [0.1, 0.15) is 0 Å². The Morgan fingerprint density at radius 1 is 1.25 bits per heavy atom. The van der Waals surface area contributed by atoms with Crippen LogP contribution in [0.25, 0.3) is 0 Å². The molecule has 1 N–H and O–H groups in total. The van der Waals surface area contributed by atoms with Gasteiger partial charge in [-0.25, -0.2) is 4.98 Å². The third-order valence-electron chi connectivity index (χ3n) is 3.38. The smallest absolute Gasteiger partial charge is 0.0921 e. The van der Waals surface area contributed by atoms with E-state index in [1.807, 2.05) is 6.20 Å². The quantitative estimate of drug-likeness (QED) is 0.609. The number of aromatic amines is 1. The minimum Gasteiger partial charge on any atom is -0.348 e. The summed E-state index contributed by atoms with van der Waals surface area (Å²) < 4.78 is 0. The van der Waals surface area contributed by atoms with Crippen molar-refractivity contribution in [2.24, 2.45) is 0 Å². The van der Waals surface area contributed by atoms with Crippen molar-refractivity contribution in [3.63, 3.8) is 0 Å². The van der Waals surface area contributed by atoms with Crippen LogP contribution in [0.1, 0.15) is 32.4 Å². The molecule has 1 aromatic heterocycles. The molecule has 2 rings (SSSR count). The first-order valence-electron chi connectivity index (χ1n) is 6.10. The predicted octanol–water partition coefficient (Wildman–Crippen LogP) is 2.38. The van der Waals surface area contributed by atoms with E-state index in [0.717, 1.165) is 6.42 Å². The summed E-state index contributed by atoms with van der Waals surface area (Å²) >= 11 is 0. The fourth-order valence-corrected chi connectivity index (χ4v) is 2.23. The molecule has 0 bridgehead atoms. The van der Waals surface area contributed by atoms with Crippen LogP contribution in [0.4, 0.5) is 0 Å². The van der Waals surface area contributed by atoms with Gasteiger partial charge in [0.05, 0.1) is 6.33 Å². The molecule has 0 saturated carbocycles. The van der Waals surface area contributed by atoms with Gasteiger partial charge in [0.25, 0.3) is 0 Å². The summed E-state index contributed by atoms with van der Waals surface area (Å²) in [6.07, 6.45) is 7.33. The van der Waals surface area contributed by atoms with Crippen LogP contribution in [0.15, 0.2) is 23.7 Å². The van der Waals surface area contributed by atoms with Crippen molar-refractivity contribution < 1.29 is 0 Å². The molecule has 0 amide bonds. The van der Waals surface area contributed by atoms with Crippen LogP contribution in [0.3, 0.4) is 0 Å². The lowest BCUT2D eigenvalue weighted by Crippen LogP contribution is -2.22. The van der Waals surface area contributed by atoms with E-state index in [4.69, 9.17) is 0 Å². The number of aromatic nitrogens is 2. The molecular weight excluding hydrogens is 198 g/mol. The summed E-state index contributed by atoms with van der Waals surface area (Å²) in [6.45, 7) is 8.08. The molecule has 3 nitrogen and oxygen atoms in total. The topological polar surface area (TPSA) is 31.9 Å². The first-order valence-corrected chi connectivity index (χ1v) is 6.10. The summed E-state index contributed by atoms with van der Waals surface area (Å²) in [5.41, 5.74) is 4.38. The summed E-state index contributed by atoms with van der Waals surface area (Å²) in [4.78, 5) is 9.71. The third kappa shape index (κ3) is 2.95. The Bertz CT molecular complexity index is 337. The first-order chi connectivity index (χ1) is 7.75. The normalized spacial score (nSPS) is 17.4. The van der Waals surface area contributed by atoms with Crippen LogP contribution >= 0.6 is 0 Å². The number of nitrogens with one attached hydrogen (secondary N) is 1. The minimum absolute atomic E-state index is 1.12. The van der Waals surface area contributed by atoms with Crippen molar-refractivity contribution in [3.8, 4) is 0 Å². The Hall–Kier alpha value is -1.09. The first kappa shape index (κ1) is 11.4. The fourth-order valence-electron chi connectivity index (χ4n) is 2.23. The zero-order valence-corrected chi connectivity index (χ0v) is 10.3. The molecule has 0 aromatic carbocycles. The van der Waals surface area contributed by atoms with Crippen molar-refractivity contribution in [2.75, 3.05) is 19.6 Å². The molecule has 1 aromatic rings. The van der Waals surface area contributed by atoms with E-state index in [2.05, 4.69) is 28.7 Å². The van der Waals surface area contributed by atoms with E-state index in [1.54, 1.807) is 17.5 Å². The Morgan fingerprint density at radius 3 is 2.62 bits per heavy atom. The van der Waals surface area contributed by atoms with Gasteiger partial charge in [-0.05, 0) is 39.7 Å². The van der Waals surface area contributed by atoms with E-state index in [1.165, 1.54) is 38.2 Å². The maximum Gasteiger partial charge on any atom is 0.0921 e. The van der Waals surface area contributed by atoms with Gasteiger partial charge in [-0.2, -0.15) is 0 Å². The molecule has 0 radical (unpaired) electrons. The number of imidazole rings is 1. The molecule has 0 saturated heterocycles. The van der Waals surface area contributed by atoms with Crippen LogP contribution in [-0.4, -0.2) is 34.5 Å². The SMILES string of the molecule is CC1=C(C)CN(CCCCc2cnc[nH]2)C1. The summed E-state index contributed by atoms with van der Waals surface area (Å²) in [7, 11) is 0. The molecule has 0 atom stereocenters. The Kier molecular flexibility index (Phi) is 3.78. The molecule has 1 aliphatic rings. The van der Waals surface area contributed by atoms with E-state index >= 15 is 0 Å². The summed E-state index contributed by atoms with van der Waals surface area (Å²) in [5.74, 6) is 0. The number of hydrogen-bond donors (Lipinski definition) is 1. The van der Waals surface area contributed by atoms with E-state index in [0.29, 0.717) is 0 Å². The molecule has 2 heterocycles. The van der Waals surface area contributed by atoms with Gasteiger partial charge >= 0.3 is 0 Å². The molecule has 88 valence electrons. The van der Waals surface area contributed by atoms with Crippen LogP contribution < -0.4 is 0 Å². The second-order valence-electron chi connectivity index (χ2n) is 4.81.